The Bertz CT molecular complexity index is 393. The fourth-order valence-corrected chi connectivity index (χ4v) is 1.91. The van der Waals surface area contributed by atoms with Crippen LogP contribution in [-0.2, 0) is 0 Å². The van der Waals surface area contributed by atoms with Crippen molar-refractivity contribution in [2.45, 2.75) is 52.1 Å². The van der Waals surface area contributed by atoms with Crippen LogP contribution in [0.15, 0.2) is 18.3 Å². The van der Waals surface area contributed by atoms with Gasteiger partial charge in [-0.1, -0.05) is 33.8 Å². The van der Waals surface area contributed by atoms with Gasteiger partial charge in [-0.25, -0.2) is 13.8 Å². The molecule has 3 nitrogen and oxygen atoms in total. The van der Waals surface area contributed by atoms with Crippen LogP contribution < -0.4 is 10.1 Å². The predicted octanol–water partition coefficient (Wildman–Crippen LogP) is 3.61. The molecule has 1 aliphatic rings. The number of aromatic nitrogens is 1. The van der Waals surface area contributed by atoms with Crippen molar-refractivity contribution in [3.05, 3.63) is 23.9 Å². The molecule has 0 amide bonds. The zero-order valence-electron chi connectivity index (χ0n) is 12.6. The first-order chi connectivity index (χ1) is 9.49. The summed E-state index contributed by atoms with van der Waals surface area (Å²) >= 11 is 0. The summed E-state index contributed by atoms with van der Waals surface area (Å²) in [5.74, 6) is -2.20. The summed E-state index contributed by atoms with van der Waals surface area (Å²) in [6.07, 6.45) is 0.885. The maximum atomic E-state index is 13.5. The molecule has 0 aliphatic carbocycles. The van der Waals surface area contributed by atoms with E-state index in [2.05, 4.69) is 24.1 Å². The lowest BCUT2D eigenvalue weighted by molar-refractivity contribution is -0.110. The molecule has 0 aromatic carbocycles. The molecule has 1 atom stereocenters. The number of piperidine rings is 1. The van der Waals surface area contributed by atoms with Crippen LogP contribution >= 0.6 is 0 Å². The molecule has 2 heterocycles. The van der Waals surface area contributed by atoms with Gasteiger partial charge in [0.1, 0.15) is 0 Å². The topological polar surface area (TPSA) is 34.1 Å². The number of nitrogens with zero attached hydrogens (tertiary/aromatic N) is 1. The molecule has 114 valence electrons. The normalized spacial score (nSPS) is 21.1. The Balaban J connectivity index is 0.000000956. The number of pyridine rings is 1. The molecule has 1 fully saturated rings. The largest absolute Gasteiger partial charge is 0.468 e. The van der Waals surface area contributed by atoms with E-state index in [-0.39, 0.29) is 12.4 Å². The summed E-state index contributed by atoms with van der Waals surface area (Å²) in [5.41, 5.74) is 1.07. The van der Waals surface area contributed by atoms with E-state index in [4.69, 9.17) is 4.74 Å². The van der Waals surface area contributed by atoms with Gasteiger partial charge in [-0.2, -0.15) is 0 Å². The van der Waals surface area contributed by atoms with E-state index in [0.29, 0.717) is 18.9 Å². The van der Waals surface area contributed by atoms with Crippen molar-refractivity contribution in [2.75, 3.05) is 13.1 Å². The van der Waals surface area contributed by atoms with Gasteiger partial charge >= 0.3 is 0 Å². The molecule has 1 aromatic heterocycles. The minimum atomic E-state index is -2.84. The highest BCUT2D eigenvalue weighted by Gasteiger charge is 2.43. The van der Waals surface area contributed by atoms with Gasteiger partial charge in [-0.15, -0.1) is 0 Å². The quantitative estimate of drug-likeness (QED) is 0.921. The molecular formula is C15H24F2N2O. The molecule has 0 spiro atoms. The number of alkyl halides is 2. The standard InChI is InChI=1S/C13H18F2N2O.C2H6/c1-9(2)10-3-4-12(17-7-10)18-11-5-6-16-8-13(11,14)15;1-2/h3-4,7,9,11,16H,5-6,8H2,1-2H3;1-2H3. The fraction of sp³-hybridized carbons (Fsp3) is 0.667. The second kappa shape index (κ2) is 7.53. The van der Waals surface area contributed by atoms with E-state index in [1.807, 2.05) is 19.9 Å². The van der Waals surface area contributed by atoms with E-state index in [9.17, 15) is 8.78 Å². The average molecular weight is 286 g/mol. The van der Waals surface area contributed by atoms with Gasteiger partial charge in [-0.05, 0) is 18.0 Å². The minimum Gasteiger partial charge on any atom is -0.468 e. The van der Waals surface area contributed by atoms with Gasteiger partial charge in [0, 0.05) is 18.7 Å². The molecule has 1 aromatic rings. The Morgan fingerprint density at radius 1 is 1.35 bits per heavy atom. The number of halogens is 2. The second-order valence-corrected chi connectivity index (χ2v) is 4.92. The van der Waals surface area contributed by atoms with Crippen LogP contribution in [0.25, 0.3) is 0 Å². The Morgan fingerprint density at radius 3 is 2.55 bits per heavy atom. The molecule has 0 bridgehead atoms. The first kappa shape index (κ1) is 16.8. The summed E-state index contributed by atoms with van der Waals surface area (Å²) in [6.45, 7) is 8.32. The molecular weight excluding hydrogens is 262 g/mol. The monoisotopic (exact) mass is 286 g/mol. The first-order valence-electron chi connectivity index (χ1n) is 7.20. The van der Waals surface area contributed by atoms with Gasteiger partial charge in [0.2, 0.25) is 5.88 Å². The lowest BCUT2D eigenvalue weighted by atomic mass is 10.1. The van der Waals surface area contributed by atoms with Crippen molar-refractivity contribution in [3.8, 4) is 5.88 Å². The van der Waals surface area contributed by atoms with E-state index in [0.717, 1.165) is 5.56 Å². The van der Waals surface area contributed by atoms with Gasteiger partial charge < -0.3 is 10.1 Å². The van der Waals surface area contributed by atoms with Gasteiger partial charge in [0.25, 0.3) is 5.92 Å². The Kier molecular flexibility index (Phi) is 6.33. The van der Waals surface area contributed by atoms with Crippen molar-refractivity contribution >= 4 is 0 Å². The van der Waals surface area contributed by atoms with E-state index < -0.39 is 12.0 Å². The second-order valence-electron chi connectivity index (χ2n) is 4.92. The van der Waals surface area contributed by atoms with Crippen molar-refractivity contribution in [3.63, 3.8) is 0 Å². The molecule has 5 heteroatoms. The van der Waals surface area contributed by atoms with Crippen molar-refractivity contribution in [2.24, 2.45) is 0 Å². The van der Waals surface area contributed by atoms with Gasteiger partial charge in [-0.3, -0.25) is 0 Å². The summed E-state index contributed by atoms with van der Waals surface area (Å²) in [7, 11) is 0. The van der Waals surface area contributed by atoms with Crippen molar-refractivity contribution in [1.29, 1.82) is 0 Å². The Hall–Kier alpha value is -1.23. The van der Waals surface area contributed by atoms with Crippen molar-refractivity contribution in [1.82, 2.24) is 10.3 Å². The van der Waals surface area contributed by atoms with Crippen LogP contribution in [0.5, 0.6) is 5.88 Å². The number of hydrogen-bond donors (Lipinski definition) is 1. The number of ether oxygens (including phenoxy) is 1. The maximum Gasteiger partial charge on any atom is 0.296 e. The number of rotatable bonds is 3. The molecule has 1 N–H and O–H groups in total. The molecule has 2 rings (SSSR count). The van der Waals surface area contributed by atoms with Crippen LogP contribution in [-0.4, -0.2) is 30.1 Å². The van der Waals surface area contributed by atoms with Crippen LogP contribution in [0.2, 0.25) is 0 Å². The van der Waals surface area contributed by atoms with Gasteiger partial charge in [0.15, 0.2) is 6.10 Å². The predicted molar refractivity (Wildman–Crippen MR) is 76.5 cm³/mol. The third-order valence-corrected chi connectivity index (χ3v) is 3.10. The molecule has 1 unspecified atom stereocenters. The third kappa shape index (κ3) is 4.40. The molecule has 1 aliphatic heterocycles. The molecule has 20 heavy (non-hydrogen) atoms. The third-order valence-electron chi connectivity index (χ3n) is 3.10. The molecule has 1 saturated heterocycles. The fourth-order valence-electron chi connectivity index (χ4n) is 1.91. The SMILES string of the molecule is CC.CC(C)c1ccc(OC2CCNCC2(F)F)nc1. The highest BCUT2D eigenvalue weighted by molar-refractivity contribution is 5.20. The zero-order valence-corrected chi connectivity index (χ0v) is 12.6. The zero-order chi connectivity index (χ0) is 15.2. The maximum absolute atomic E-state index is 13.5. The van der Waals surface area contributed by atoms with Crippen molar-refractivity contribution < 1.29 is 13.5 Å². The highest BCUT2D eigenvalue weighted by Crippen LogP contribution is 2.27. The Morgan fingerprint density at radius 2 is 2.05 bits per heavy atom. The van der Waals surface area contributed by atoms with Crippen LogP contribution in [0.4, 0.5) is 8.78 Å². The number of nitrogens with one attached hydrogen (secondary N) is 1. The average Bonchev–Trinajstić information content (AvgIpc) is 2.44. The van der Waals surface area contributed by atoms with E-state index in [1.165, 1.54) is 0 Å². The van der Waals surface area contributed by atoms with Crippen LogP contribution in [0.3, 0.4) is 0 Å². The molecule has 0 saturated carbocycles. The minimum absolute atomic E-state index is 0.269. The summed E-state index contributed by atoms with van der Waals surface area (Å²) in [5, 5.41) is 2.66. The lowest BCUT2D eigenvalue weighted by Gasteiger charge is -2.31. The van der Waals surface area contributed by atoms with Crippen LogP contribution in [0, 0.1) is 0 Å². The summed E-state index contributed by atoms with van der Waals surface area (Å²) < 4.78 is 32.4. The Labute approximate surface area is 119 Å². The first-order valence-corrected chi connectivity index (χ1v) is 7.20. The highest BCUT2D eigenvalue weighted by atomic mass is 19.3. The molecule has 0 radical (unpaired) electrons. The smallest absolute Gasteiger partial charge is 0.296 e. The van der Waals surface area contributed by atoms with E-state index >= 15 is 0 Å². The van der Waals surface area contributed by atoms with Crippen LogP contribution in [0.1, 0.15) is 45.6 Å². The number of hydrogen-bond acceptors (Lipinski definition) is 3. The van der Waals surface area contributed by atoms with Gasteiger partial charge in [0.05, 0.1) is 6.54 Å². The summed E-state index contributed by atoms with van der Waals surface area (Å²) in [4.78, 5) is 4.08. The lowest BCUT2D eigenvalue weighted by Crippen LogP contribution is -2.52. The van der Waals surface area contributed by atoms with E-state index in [1.54, 1.807) is 12.3 Å². The summed E-state index contributed by atoms with van der Waals surface area (Å²) in [6, 6.07) is 3.53.